The molecule has 1 unspecified atom stereocenters. The first-order valence-corrected chi connectivity index (χ1v) is 7.94. The maximum absolute atomic E-state index is 12.4. The van der Waals surface area contributed by atoms with Gasteiger partial charge in [0.25, 0.3) is 0 Å². The van der Waals surface area contributed by atoms with Gasteiger partial charge in [0, 0.05) is 11.0 Å². The molecule has 0 saturated carbocycles. The smallest absolute Gasteiger partial charge is 0.404 e. The van der Waals surface area contributed by atoms with E-state index >= 15 is 0 Å². The van der Waals surface area contributed by atoms with Crippen molar-refractivity contribution >= 4 is 21.6 Å². The third-order valence-corrected chi connectivity index (χ3v) is 3.79. The minimum absolute atomic E-state index is 0.206. The highest BCUT2D eigenvalue weighted by Crippen LogP contribution is 2.33. The summed E-state index contributed by atoms with van der Waals surface area (Å²) in [5, 5.41) is 3.08. The van der Waals surface area contributed by atoms with Gasteiger partial charge in [0.1, 0.15) is 0 Å². The first kappa shape index (κ1) is 18.1. The Kier molecular flexibility index (Phi) is 7.35. The van der Waals surface area contributed by atoms with Crippen LogP contribution in [0.3, 0.4) is 0 Å². The van der Waals surface area contributed by atoms with Crippen molar-refractivity contribution in [1.29, 1.82) is 0 Å². The minimum atomic E-state index is -4.69. The van der Waals surface area contributed by atoms with E-state index in [1.54, 1.807) is 12.1 Å². The Balaban J connectivity index is 2.73. The van der Waals surface area contributed by atoms with Gasteiger partial charge < -0.3 is 10.1 Å². The molecule has 0 aliphatic rings. The van der Waals surface area contributed by atoms with Crippen LogP contribution in [-0.4, -0.2) is 12.9 Å². The highest BCUT2D eigenvalue weighted by atomic mass is 79.9. The molecule has 0 aliphatic heterocycles. The lowest BCUT2D eigenvalue weighted by Crippen LogP contribution is -2.19. The van der Waals surface area contributed by atoms with Crippen molar-refractivity contribution in [2.75, 3.05) is 11.9 Å². The maximum atomic E-state index is 12.4. The Labute approximate surface area is 132 Å². The van der Waals surface area contributed by atoms with E-state index in [0.29, 0.717) is 22.6 Å². The topological polar surface area (TPSA) is 21.3 Å². The second kappa shape index (κ2) is 8.51. The molecule has 21 heavy (non-hydrogen) atoms. The number of hydrogen-bond donors (Lipinski definition) is 1. The van der Waals surface area contributed by atoms with Crippen LogP contribution in [0.4, 0.5) is 18.9 Å². The number of benzene rings is 1. The van der Waals surface area contributed by atoms with Gasteiger partial charge in [-0.3, -0.25) is 0 Å². The highest BCUT2D eigenvalue weighted by molar-refractivity contribution is 9.10. The largest absolute Gasteiger partial charge is 0.573 e. The third kappa shape index (κ3) is 7.07. The average molecular weight is 368 g/mol. The van der Waals surface area contributed by atoms with Crippen LogP contribution in [0.25, 0.3) is 0 Å². The Bertz CT molecular complexity index is 437. The zero-order chi connectivity index (χ0) is 15.9. The summed E-state index contributed by atoms with van der Waals surface area (Å²) in [5.41, 5.74) is 0.366. The van der Waals surface area contributed by atoms with Crippen molar-refractivity contribution in [3.8, 4) is 5.75 Å². The molecule has 1 N–H and O–H groups in total. The number of nitrogens with one attached hydrogen (secondary N) is 1. The summed E-state index contributed by atoms with van der Waals surface area (Å²) in [7, 11) is 0. The molecule has 0 amide bonds. The Morgan fingerprint density at radius 1 is 1.29 bits per heavy atom. The molecule has 0 aliphatic carbocycles. The van der Waals surface area contributed by atoms with E-state index in [9.17, 15) is 13.2 Å². The van der Waals surface area contributed by atoms with E-state index in [-0.39, 0.29) is 5.75 Å². The lowest BCUT2D eigenvalue weighted by atomic mass is 9.99. The minimum Gasteiger partial charge on any atom is -0.404 e. The predicted octanol–water partition coefficient (Wildman–Crippen LogP) is 5.98. The molecular weight excluding hydrogens is 347 g/mol. The molecule has 1 aromatic carbocycles. The summed E-state index contributed by atoms with van der Waals surface area (Å²) >= 11 is 3.16. The molecule has 1 atom stereocenters. The Morgan fingerprint density at radius 3 is 2.57 bits per heavy atom. The highest BCUT2D eigenvalue weighted by Gasteiger charge is 2.32. The number of anilines is 1. The number of unbranched alkanes of at least 4 members (excludes halogenated alkanes) is 1. The van der Waals surface area contributed by atoms with E-state index < -0.39 is 6.36 Å². The lowest BCUT2D eigenvalue weighted by Gasteiger charge is -2.19. The van der Waals surface area contributed by atoms with Crippen molar-refractivity contribution in [3.63, 3.8) is 0 Å². The maximum Gasteiger partial charge on any atom is 0.573 e. The molecule has 0 fully saturated rings. The van der Waals surface area contributed by atoms with Crippen LogP contribution in [0.1, 0.15) is 39.5 Å². The molecule has 0 aromatic heterocycles. The average Bonchev–Trinajstić information content (AvgIpc) is 2.39. The van der Waals surface area contributed by atoms with Crippen molar-refractivity contribution < 1.29 is 17.9 Å². The standard InChI is InChI=1S/C15H21BrF3NO/c1-3-5-6-11(4-2)10-20-13-8-7-12(16)9-14(13)21-15(17,18)19/h7-9,11,20H,3-6,10H2,1-2H3. The van der Waals surface area contributed by atoms with Crippen LogP contribution >= 0.6 is 15.9 Å². The summed E-state index contributed by atoms with van der Waals surface area (Å²) < 4.78 is 41.9. The zero-order valence-electron chi connectivity index (χ0n) is 12.3. The SMILES string of the molecule is CCCCC(CC)CNc1ccc(Br)cc1OC(F)(F)F. The van der Waals surface area contributed by atoms with E-state index in [4.69, 9.17) is 0 Å². The van der Waals surface area contributed by atoms with Gasteiger partial charge in [0.15, 0.2) is 5.75 Å². The number of rotatable bonds is 8. The number of halogens is 4. The quantitative estimate of drug-likeness (QED) is 0.610. The van der Waals surface area contributed by atoms with E-state index in [1.165, 1.54) is 6.07 Å². The van der Waals surface area contributed by atoms with E-state index in [2.05, 4.69) is 39.8 Å². The summed E-state index contributed by atoms with van der Waals surface area (Å²) in [6.07, 6.45) is -0.363. The number of ether oxygens (including phenoxy) is 1. The molecule has 2 nitrogen and oxygen atoms in total. The molecule has 0 saturated heterocycles. The van der Waals surface area contributed by atoms with Crippen molar-refractivity contribution in [3.05, 3.63) is 22.7 Å². The van der Waals surface area contributed by atoms with Crippen LogP contribution < -0.4 is 10.1 Å². The van der Waals surface area contributed by atoms with Gasteiger partial charge >= 0.3 is 6.36 Å². The molecule has 1 rings (SSSR count). The first-order valence-electron chi connectivity index (χ1n) is 7.14. The van der Waals surface area contributed by atoms with Crippen LogP contribution in [0.5, 0.6) is 5.75 Å². The summed E-state index contributed by atoms with van der Waals surface area (Å²) in [6, 6.07) is 4.61. The molecule has 120 valence electrons. The number of hydrogen-bond acceptors (Lipinski definition) is 2. The molecule has 0 heterocycles. The first-order chi connectivity index (χ1) is 9.85. The van der Waals surface area contributed by atoms with Crippen molar-refractivity contribution in [2.45, 2.75) is 45.9 Å². The van der Waals surface area contributed by atoms with Gasteiger partial charge in [-0.05, 0) is 30.5 Å². The van der Waals surface area contributed by atoms with Gasteiger partial charge in [0.2, 0.25) is 0 Å². The summed E-state index contributed by atoms with van der Waals surface area (Å²) in [6.45, 7) is 4.87. The van der Waals surface area contributed by atoms with Gasteiger partial charge in [-0.1, -0.05) is 49.0 Å². The fourth-order valence-corrected chi connectivity index (χ4v) is 2.39. The summed E-state index contributed by atoms with van der Waals surface area (Å²) in [5.74, 6) is 0.245. The van der Waals surface area contributed by atoms with E-state index in [0.717, 1.165) is 25.7 Å². The monoisotopic (exact) mass is 367 g/mol. The fourth-order valence-electron chi connectivity index (χ4n) is 2.05. The van der Waals surface area contributed by atoms with Crippen LogP contribution in [0.15, 0.2) is 22.7 Å². The van der Waals surface area contributed by atoms with Gasteiger partial charge in [0.05, 0.1) is 5.69 Å². The molecule has 0 radical (unpaired) electrons. The third-order valence-electron chi connectivity index (χ3n) is 3.29. The second-order valence-electron chi connectivity index (χ2n) is 4.99. The van der Waals surface area contributed by atoms with Crippen molar-refractivity contribution in [2.24, 2.45) is 5.92 Å². The van der Waals surface area contributed by atoms with Crippen LogP contribution in [-0.2, 0) is 0 Å². The predicted molar refractivity (Wildman–Crippen MR) is 82.6 cm³/mol. The van der Waals surface area contributed by atoms with Gasteiger partial charge in [-0.15, -0.1) is 13.2 Å². The molecule has 0 spiro atoms. The van der Waals surface area contributed by atoms with Gasteiger partial charge in [-0.25, -0.2) is 0 Å². The molecular formula is C15H21BrF3NO. The molecule has 1 aromatic rings. The molecule has 0 bridgehead atoms. The number of alkyl halides is 3. The zero-order valence-corrected chi connectivity index (χ0v) is 13.9. The lowest BCUT2D eigenvalue weighted by molar-refractivity contribution is -0.274. The van der Waals surface area contributed by atoms with Crippen molar-refractivity contribution in [1.82, 2.24) is 0 Å². The Morgan fingerprint density at radius 2 is 2.00 bits per heavy atom. The van der Waals surface area contributed by atoms with E-state index in [1.807, 2.05) is 0 Å². The van der Waals surface area contributed by atoms with Crippen LogP contribution in [0, 0.1) is 5.92 Å². The van der Waals surface area contributed by atoms with Gasteiger partial charge in [-0.2, -0.15) is 0 Å². The summed E-state index contributed by atoms with van der Waals surface area (Å²) in [4.78, 5) is 0. The second-order valence-corrected chi connectivity index (χ2v) is 5.90. The molecule has 6 heteroatoms. The fraction of sp³-hybridized carbons (Fsp3) is 0.600. The normalized spacial score (nSPS) is 13.0. The Hall–Kier alpha value is -0.910. The van der Waals surface area contributed by atoms with Crippen LogP contribution in [0.2, 0.25) is 0 Å².